The van der Waals surface area contributed by atoms with Gasteiger partial charge in [-0.3, -0.25) is 19.2 Å². The number of amides is 4. The Kier molecular flexibility index (Phi) is 31.3. The Morgan fingerprint density at radius 1 is 0.778 bits per heavy atom. The summed E-state index contributed by atoms with van der Waals surface area (Å²) in [6, 6.07) is -0.865. The van der Waals surface area contributed by atoms with E-state index >= 15 is 0 Å². The fourth-order valence-electron chi connectivity index (χ4n) is 4.31. The third-order valence-corrected chi connectivity index (χ3v) is 6.76. The molecule has 1 rings (SSSR count). The maximum absolute atomic E-state index is 12.7. The number of nitrogens with one attached hydrogen (secondary N) is 5. The SMILES string of the molecule is CCCCCCCCCCCCCC(=O)NCCOCCOCCNC(=O)[C@H](Cc1cnc[nH]1)NC(=O)CNC(=O)CN.Cl.Cl. The maximum atomic E-state index is 12.7. The molecule has 0 bridgehead atoms. The summed E-state index contributed by atoms with van der Waals surface area (Å²) in [7, 11) is 0. The molecule has 4 amide bonds. The average molecular weight is 683 g/mol. The van der Waals surface area contributed by atoms with Gasteiger partial charge >= 0.3 is 0 Å². The lowest BCUT2D eigenvalue weighted by atomic mass is 10.1. The van der Waals surface area contributed by atoms with Gasteiger partial charge in [0.1, 0.15) is 6.04 Å². The van der Waals surface area contributed by atoms with Gasteiger partial charge in [0.2, 0.25) is 23.6 Å². The largest absolute Gasteiger partial charge is 0.377 e. The second-order valence-electron chi connectivity index (χ2n) is 10.5. The number of imidazole rings is 1. The summed E-state index contributed by atoms with van der Waals surface area (Å²) in [5.41, 5.74) is 5.89. The predicted molar refractivity (Wildman–Crippen MR) is 180 cm³/mol. The fourth-order valence-corrected chi connectivity index (χ4v) is 4.31. The smallest absolute Gasteiger partial charge is 0.243 e. The van der Waals surface area contributed by atoms with Gasteiger partial charge in [0.25, 0.3) is 0 Å². The minimum atomic E-state index is -0.865. The number of rotatable bonds is 28. The highest BCUT2D eigenvalue weighted by Crippen LogP contribution is 2.11. The Hall–Kier alpha value is -2.45. The highest BCUT2D eigenvalue weighted by molar-refractivity contribution is 5.90. The maximum Gasteiger partial charge on any atom is 0.243 e. The van der Waals surface area contributed by atoms with Gasteiger partial charge in [-0.2, -0.15) is 0 Å². The molecular formula is C30H57Cl2N7O6. The van der Waals surface area contributed by atoms with Crippen LogP contribution < -0.4 is 27.0 Å². The lowest BCUT2D eigenvalue weighted by molar-refractivity contribution is -0.129. The topological polar surface area (TPSA) is 190 Å². The summed E-state index contributed by atoms with van der Waals surface area (Å²) in [6.45, 7) is 3.83. The fraction of sp³-hybridized carbons (Fsp3) is 0.767. The number of hydrogen-bond donors (Lipinski definition) is 6. The second kappa shape index (κ2) is 31.5. The molecule has 0 unspecified atom stereocenters. The third kappa shape index (κ3) is 26.5. The van der Waals surface area contributed by atoms with Crippen LogP contribution >= 0.6 is 24.8 Å². The Labute approximate surface area is 280 Å². The molecule has 1 aromatic heterocycles. The van der Waals surface area contributed by atoms with Gasteiger partial charge < -0.3 is 41.5 Å². The van der Waals surface area contributed by atoms with Crippen molar-refractivity contribution in [3.8, 4) is 0 Å². The van der Waals surface area contributed by atoms with Crippen LogP contribution in [0.2, 0.25) is 0 Å². The van der Waals surface area contributed by atoms with Gasteiger partial charge in [0, 0.05) is 37.8 Å². The van der Waals surface area contributed by atoms with Crippen LogP contribution in [0.4, 0.5) is 0 Å². The molecule has 0 radical (unpaired) electrons. The summed E-state index contributed by atoms with van der Waals surface area (Å²) in [4.78, 5) is 54.9. The molecule has 15 heteroatoms. The van der Waals surface area contributed by atoms with E-state index in [-0.39, 0.29) is 63.4 Å². The zero-order chi connectivity index (χ0) is 31.4. The number of carbonyl (C=O) groups is 4. The Morgan fingerprint density at radius 3 is 1.91 bits per heavy atom. The molecule has 0 fully saturated rings. The summed E-state index contributed by atoms with van der Waals surface area (Å²) in [5, 5.41) is 10.6. The van der Waals surface area contributed by atoms with E-state index in [0.29, 0.717) is 38.5 Å². The molecule has 45 heavy (non-hydrogen) atoms. The van der Waals surface area contributed by atoms with Crippen molar-refractivity contribution in [1.82, 2.24) is 31.2 Å². The molecule has 0 saturated carbocycles. The summed E-state index contributed by atoms with van der Waals surface area (Å²) >= 11 is 0. The van der Waals surface area contributed by atoms with Crippen molar-refractivity contribution in [3.05, 3.63) is 18.2 Å². The molecule has 7 N–H and O–H groups in total. The van der Waals surface area contributed by atoms with Gasteiger partial charge in [0.05, 0.1) is 45.8 Å². The van der Waals surface area contributed by atoms with Crippen LogP contribution in [0.1, 0.15) is 89.7 Å². The van der Waals surface area contributed by atoms with Gasteiger partial charge in [-0.05, 0) is 6.42 Å². The molecule has 0 aliphatic heterocycles. The zero-order valence-electron chi connectivity index (χ0n) is 26.9. The van der Waals surface area contributed by atoms with Crippen molar-refractivity contribution in [2.24, 2.45) is 5.73 Å². The first-order chi connectivity index (χ1) is 21.0. The van der Waals surface area contributed by atoms with E-state index < -0.39 is 23.8 Å². The lowest BCUT2D eigenvalue weighted by Gasteiger charge is -2.18. The Balaban J connectivity index is 0. The number of carbonyl (C=O) groups excluding carboxylic acids is 4. The summed E-state index contributed by atoms with van der Waals surface area (Å²) in [5.74, 6) is -1.31. The van der Waals surface area contributed by atoms with E-state index in [0.717, 1.165) is 12.8 Å². The molecule has 1 heterocycles. The molecule has 0 aliphatic carbocycles. The lowest BCUT2D eigenvalue weighted by Crippen LogP contribution is -2.51. The number of aromatic amines is 1. The molecule has 0 aliphatic rings. The first-order valence-corrected chi connectivity index (χ1v) is 15.9. The molecule has 0 aromatic carbocycles. The molecule has 262 valence electrons. The molecule has 1 aromatic rings. The van der Waals surface area contributed by atoms with Crippen molar-refractivity contribution in [2.45, 2.75) is 96.4 Å². The summed E-state index contributed by atoms with van der Waals surface area (Å²) < 4.78 is 11.0. The third-order valence-electron chi connectivity index (χ3n) is 6.76. The van der Waals surface area contributed by atoms with Crippen molar-refractivity contribution in [3.63, 3.8) is 0 Å². The van der Waals surface area contributed by atoms with Crippen molar-refractivity contribution >= 4 is 48.4 Å². The number of halogens is 2. The zero-order valence-corrected chi connectivity index (χ0v) is 28.5. The van der Waals surface area contributed by atoms with Gasteiger partial charge in [-0.25, -0.2) is 4.98 Å². The monoisotopic (exact) mass is 681 g/mol. The van der Waals surface area contributed by atoms with E-state index in [9.17, 15) is 19.2 Å². The summed E-state index contributed by atoms with van der Waals surface area (Å²) in [6.07, 6.45) is 17.7. The van der Waals surface area contributed by atoms with E-state index in [4.69, 9.17) is 15.2 Å². The minimum absolute atomic E-state index is 0. The van der Waals surface area contributed by atoms with E-state index in [2.05, 4.69) is 38.2 Å². The van der Waals surface area contributed by atoms with Crippen molar-refractivity contribution in [2.75, 3.05) is 52.6 Å². The van der Waals surface area contributed by atoms with Gasteiger partial charge in [0.15, 0.2) is 0 Å². The number of hydrogen-bond acceptors (Lipinski definition) is 8. The first kappa shape index (κ1) is 44.7. The second-order valence-corrected chi connectivity index (χ2v) is 10.5. The molecule has 1 atom stereocenters. The van der Waals surface area contributed by atoms with Gasteiger partial charge in [-0.1, -0.05) is 71.1 Å². The molecular weight excluding hydrogens is 625 g/mol. The standard InChI is InChI=1S/C30H55N7O6.2ClH/c1-2-3-4-5-6-7-8-9-10-11-12-13-27(38)33-14-16-42-18-19-43-17-15-34-30(41)26(20-25-22-32-24-36-25)37-29(40)23-35-28(39)21-31;;/h22,24,26H,2-21,23,31H2,1H3,(H,32,36)(H,33,38)(H,34,41)(H,35,39)(H,37,40);2*1H/t26-;;/m0../s1. The van der Waals surface area contributed by atoms with Crippen molar-refractivity contribution < 1.29 is 28.7 Å². The van der Waals surface area contributed by atoms with E-state index in [1.807, 2.05) is 0 Å². The number of H-pyrrole nitrogens is 1. The van der Waals surface area contributed by atoms with Crippen LogP contribution in [-0.2, 0) is 35.1 Å². The quantitative estimate of drug-likeness (QED) is 0.0726. The van der Waals surface area contributed by atoms with E-state index in [1.54, 1.807) is 6.20 Å². The van der Waals surface area contributed by atoms with Crippen LogP contribution in [0.25, 0.3) is 0 Å². The number of aromatic nitrogens is 2. The number of nitrogens with two attached hydrogens (primary N) is 1. The predicted octanol–water partition coefficient (Wildman–Crippen LogP) is 2.32. The highest BCUT2D eigenvalue weighted by Gasteiger charge is 2.21. The number of unbranched alkanes of at least 4 members (excludes halogenated alkanes) is 10. The molecule has 13 nitrogen and oxygen atoms in total. The van der Waals surface area contributed by atoms with Crippen molar-refractivity contribution in [1.29, 1.82) is 0 Å². The normalized spacial score (nSPS) is 11.1. The molecule has 0 spiro atoms. The first-order valence-electron chi connectivity index (χ1n) is 15.9. The van der Waals surface area contributed by atoms with E-state index in [1.165, 1.54) is 64.1 Å². The average Bonchev–Trinajstić information content (AvgIpc) is 3.52. The van der Waals surface area contributed by atoms with Crippen LogP contribution in [0, 0.1) is 0 Å². The van der Waals surface area contributed by atoms with Crippen LogP contribution in [0.5, 0.6) is 0 Å². The van der Waals surface area contributed by atoms with Crippen LogP contribution in [-0.4, -0.2) is 92.2 Å². The minimum Gasteiger partial charge on any atom is -0.377 e. The van der Waals surface area contributed by atoms with Gasteiger partial charge in [-0.15, -0.1) is 24.8 Å². The number of nitrogens with zero attached hydrogens (tertiary/aromatic N) is 1. The Morgan fingerprint density at radius 2 is 1.36 bits per heavy atom. The Bertz CT molecular complexity index is 881. The molecule has 0 saturated heterocycles. The highest BCUT2D eigenvalue weighted by atomic mass is 35.5. The number of ether oxygens (including phenoxy) is 2. The van der Waals surface area contributed by atoms with Crippen LogP contribution in [0.3, 0.4) is 0 Å². The van der Waals surface area contributed by atoms with Crippen LogP contribution in [0.15, 0.2) is 12.5 Å².